The predicted molar refractivity (Wildman–Crippen MR) is 109 cm³/mol. The van der Waals surface area contributed by atoms with Crippen LogP contribution < -0.4 is 10.1 Å². The summed E-state index contributed by atoms with van der Waals surface area (Å²) in [6, 6.07) is 12.1. The van der Waals surface area contributed by atoms with E-state index in [1.54, 1.807) is 32.3 Å². The third kappa shape index (κ3) is 4.27. The number of hydrogen-bond acceptors (Lipinski definition) is 6. The van der Waals surface area contributed by atoms with Crippen LogP contribution in [0.1, 0.15) is 20.8 Å². The maximum Gasteiger partial charge on any atom is 0.276 e. The van der Waals surface area contributed by atoms with E-state index < -0.39 is 10.8 Å². The first-order valence-corrected chi connectivity index (χ1v) is 8.81. The van der Waals surface area contributed by atoms with Crippen molar-refractivity contribution in [3.05, 3.63) is 76.1 Å². The van der Waals surface area contributed by atoms with Gasteiger partial charge in [0.2, 0.25) is 0 Å². The lowest BCUT2D eigenvalue weighted by Gasteiger charge is -2.14. The third-order valence-electron chi connectivity index (χ3n) is 4.23. The number of nitrogens with one attached hydrogen (secondary N) is 1. The number of nitro groups is 1. The summed E-state index contributed by atoms with van der Waals surface area (Å²) in [6.07, 6.45) is 1.52. The number of anilines is 1. The molecule has 154 valence electrons. The topological polar surface area (TPSA) is 120 Å². The Morgan fingerprint density at radius 2 is 1.93 bits per heavy atom. The highest BCUT2D eigenvalue weighted by Crippen LogP contribution is 2.26. The van der Waals surface area contributed by atoms with Crippen molar-refractivity contribution in [1.29, 1.82) is 0 Å². The van der Waals surface area contributed by atoms with E-state index in [1.165, 1.54) is 53.2 Å². The van der Waals surface area contributed by atoms with Gasteiger partial charge in [0.25, 0.3) is 17.5 Å². The number of aromatic nitrogens is 2. The first-order valence-electron chi connectivity index (χ1n) is 8.81. The van der Waals surface area contributed by atoms with Crippen LogP contribution in [0.5, 0.6) is 5.75 Å². The predicted octanol–water partition coefficient (Wildman–Crippen LogP) is 2.74. The van der Waals surface area contributed by atoms with Crippen molar-refractivity contribution < 1.29 is 19.2 Å². The zero-order valence-electron chi connectivity index (χ0n) is 16.5. The molecule has 0 fully saturated rings. The summed E-state index contributed by atoms with van der Waals surface area (Å²) >= 11 is 0. The summed E-state index contributed by atoms with van der Waals surface area (Å²) < 4.78 is 6.62. The monoisotopic (exact) mass is 409 g/mol. The molecule has 1 aromatic heterocycles. The van der Waals surface area contributed by atoms with Gasteiger partial charge in [-0.25, -0.2) is 4.68 Å². The molecule has 0 unspecified atom stereocenters. The summed E-state index contributed by atoms with van der Waals surface area (Å²) in [5, 5.41) is 17.8. The molecule has 10 nitrogen and oxygen atoms in total. The fourth-order valence-electron chi connectivity index (χ4n) is 2.72. The minimum Gasteiger partial charge on any atom is -0.495 e. The van der Waals surface area contributed by atoms with E-state index in [9.17, 15) is 19.7 Å². The average Bonchev–Trinajstić information content (AvgIpc) is 3.23. The number of ether oxygens (including phenoxy) is 1. The number of amides is 2. The van der Waals surface area contributed by atoms with Crippen LogP contribution in [0, 0.1) is 10.1 Å². The number of methoxy groups -OCH3 is 1. The van der Waals surface area contributed by atoms with Crippen molar-refractivity contribution in [2.24, 2.45) is 0 Å². The van der Waals surface area contributed by atoms with E-state index in [0.29, 0.717) is 22.7 Å². The largest absolute Gasteiger partial charge is 0.495 e. The number of non-ortho nitro benzene ring substituents is 1. The highest BCUT2D eigenvalue weighted by Gasteiger charge is 2.17. The average molecular weight is 409 g/mol. The van der Waals surface area contributed by atoms with Crippen molar-refractivity contribution in [1.82, 2.24) is 14.7 Å². The second kappa shape index (κ2) is 8.43. The van der Waals surface area contributed by atoms with Gasteiger partial charge in [0.15, 0.2) is 5.69 Å². The van der Waals surface area contributed by atoms with Crippen molar-refractivity contribution in [2.75, 3.05) is 26.5 Å². The Morgan fingerprint density at radius 1 is 1.17 bits per heavy atom. The number of carbonyl (C=O) groups excluding carboxylic acids is 2. The molecule has 10 heteroatoms. The minimum absolute atomic E-state index is 0.0823. The first-order chi connectivity index (χ1) is 14.3. The van der Waals surface area contributed by atoms with E-state index in [1.807, 2.05) is 0 Å². The Balaban J connectivity index is 1.85. The number of benzene rings is 2. The minimum atomic E-state index is -0.521. The first kappa shape index (κ1) is 20.5. The summed E-state index contributed by atoms with van der Waals surface area (Å²) in [5.41, 5.74) is 1.16. The lowest BCUT2D eigenvalue weighted by molar-refractivity contribution is -0.384. The SMILES string of the molecule is COc1ccc(C(=O)N(C)C)cc1NC(=O)c1ccn(-c2cccc([N+](=O)[O-])c2)n1. The standard InChI is InChI=1S/C20H19N5O5/c1-23(2)20(27)13-7-8-18(30-3)17(11-13)21-19(26)16-9-10-24(22-16)14-5-4-6-15(12-14)25(28)29/h4-12H,1-3H3,(H,21,26). The zero-order chi connectivity index (χ0) is 21.8. The second-order valence-electron chi connectivity index (χ2n) is 6.49. The van der Waals surface area contributed by atoms with Gasteiger partial charge in [-0.15, -0.1) is 0 Å². The van der Waals surface area contributed by atoms with Gasteiger partial charge in [0, 0.05) is 38.0 Å². The molecule has 0 aliphatic carbocycles. The van der Waals surface area contributed by atoms with E-state index in [4.69, 9.17) is 4.74 Å². The van der Waals surface area contributed by atoms with Gasteiger partial charge in [-0.05, 0) is 30.3 Å². The van der Waals surface area contributed by atoms with Gasteiger partial charge < -0.3 is 15.0 Å². The van der Waals surface area contributed by atoms with Crippen LogP contribution in [0.3, 0.4) is 0 Å². The molecule has 30 heavy (non-hydrogen) atoms. The molecule has 3 aromatic rings. The number of nitro benzene ring substituents is 1. The molecular weight excluding hydrogens is 390 g/mol. The Morgan fingerprint density at radius 3 is 2.60 bits per heavy atom. The normalized spacial score (nSPS) is 10.4. The summed E-state index contributed by atoms with van der Waals surface area (Å²) in [4.78, 5) is 36.7. The molecule has 1 heterocycles. The van der Waals surface area contributed by atoms with Crippen LogP contribution >= 0.6 is 0 Å². The molecule has 0 atom stereocenters. The van der Waals surface area contributed by atoms with E-state index >= 15 is 0 Å². The van der Waals surface area contributed by atoms with Crippen LogP contribution in [0.2, 0.25) is 0 Å². The summed E-state index contributed by atoms with van der Waals surface area (Å²) in [6.45, 7) is 0. The van der Waals surface area contributed by atoms with Crippen LogP contribution in [-0.4, -0.2) is 52.6 Å². The van der Waals surface area contributed by atoms with Crippen molar-refractivity contribution >= 4 is 23.2 Å². The molecule has 0 saturated heterocycles. The molecule has 0 radical (unpaired) electrons. The Hall–Kier alpha value is -4.21. The lowest BCUT2D eigenvalue weighted by Crippen LogP contribution is -2.22. The van der Waals surface area contributed by atoms with Gasteiger partial charge in [-0.2, -0.15) is 5.10 Å². The highest BCUT2D eigenvalue weighted by atomic mass is 16.6. The van der Waals surface area contributed by atoms with Gasteiger partial charge in [0.1, 0.15) is 5.75 Å². The molecule has 1 N–H and O–H groups in total. The van der Waals surface area contributed by atoms with Crippen molar-refractivity contribution in [2.45, 2.75) is 0 Å². The van der Waals surface area contributed by atoms with Crippen LogP contribution in [0.4, 0.5) is 11.4 Å². The Kier molecular flexibility index (Phi) is 5.77. The van der Waals surface area contributed by atoms with E-state index in [0.717, 1.165) is 0 Å². The number of rotatable bonds is 6. The molecular formula is C20H19N5O5. The molecule has 0 spiro atoms. The van der Waals surface area contributed by atoms with Gasteiger partial charge in [0.05, 0.1) is 23.4 Å². The number of nitrogens with zero attached hydrogens (tertiary/aromatic N) is 4. The fourth-order valence-corrected chi connectivity index (χ4v) is 2.72. The molecule has 0 aliphatic heterocycles. The molecule has 3 rings (SSSR count). The summed E-state index contributed by atoms with van der Waals surface area (Å²) in [5.74, 6) is -0.355. The zero-order valence-corrected chi connectivity index (χ0v) is 16.5. The molecule has 0 saturated carbocycles. The molecule has 0 aliphatic rings. The van der Waals surface area contributed by atoms with Crippen molar-refractivity contribution in [3.8, 4) is 11.4 Å². The third-order valence-corrected chi connectivity index (χ3v) is 4.23. The molecule has 0 bridgehead atoms. The Labute approximate surface area is 171 Å². The van der Waals surface area contributed by atoms with Crippen LogP contribution in [-0.2, 0) is 0 Å². The van der Waals surface area contributed by atoms with E-state index in [2.05, 4.69) is 10.4 Å². The van der Waals surface area contributed by atoms with Gasteiger partial charge in [-0.3, -0.25) is 19.7 Å². The number of hydrogen-bond donors (Lipinski definition) is 1. The maximum atomic E-state index is 12.7. The van der Waals surface area contributed by atoms with Gasteiger partial charge >= 0.3 is 0 Å². The Bertz CT molecular complexity index is 1120. The smallest absolute Gasteiger partial charge is 0.276 e. The molecule has 2 aromatic carbocycles. The maximum absolute atomic E-state index is 12.7. The van der Waals surface area contributed by atoms with Crippen LogP contribution in [0.15, 0.2) is 54.7 Å². The van der Waals surface area contributed by atoms with Gasteiger partial charge in [-0.1, -0.05) is 6.07 Å². The van der Waals surface area contributed by atoms with E-state index in [-0.39, 0.29) is 17.3 Å². The fraction of sp³-hybridized carbons (Fsp3) is 0.150. The number of carbonyl (C=O) groups is 2. The van der Waals surface area contributed by atoms with Crippen LogP contribution in [0.25, 0.3) is 5.69 Å². The second-order valence-corrected chi connectivity index (χ2v) is 6.49. The quantitative estimate of drug-likeness (QED) is 0.494. The molecule has 2 amide bonds. The highest BCUT2D eigenvalue weighted by molar-refractivity contribution is 6.04. The van der Waals surface area contributed by atoms with Crippen molar-refractivity contribution in [3.63, 3.8) is 0 Å². The summed E-state index contributed by atoms with van der Waals surface area (Å²) in [7, 11) is 4.71. The lowest BCUT2D eigenvalue weighted by atomic mass is 10.1.